The number of carbonyl (C=O) groups excluding carboxylic acids is 2. The third kappa shape index (κ3) is 4.24. The zero-order valence-electron chi connectivity index (χ0n) is 14.6. The van der Waals surface area contributed by atoms with E-state index < -0.39 is 0 Å². The van der Waals surface area contributed by atoms with Crippen LogP contribution in [0.3, 0.4) is 0 Å². The highest BCUT2D eigenvalue weighted by Crippen LogP contribution is 2.11. The topological polar surface area (TPSA) is 88.4 Å². The molecule has 3 rings (SSSR count). The summed E-state index contributed by atoms with van der Waals surface area (Å²) in [6.07, 6.45) is 2.76. The van der Waals surface area contributed by atoms with Crippen LogP contribution in [-0.4, -0.2) is 33.0 Å². The van der Waals surface area contributed by atoms with Crippen LogP contribution in [0.5, 0.6) is 0 Å². The van der Waals surface area contributed by atoms with E-state index in [-0.39, 0.29) is 17.9 Å². The second-order valence-corrected chi connectivity index (χ2v) is 6.00. The van der Waals surface area contributed by atoms with Crippen molar-refractivity contribution in [2.75, 3.05) is 6.54 Å². The number of hydrogen-bond donors (Lipinski definition) is 2. The molecule has 26 heavy (non-hydrogen) atoms. The van der Waals surface area contributed by atoms with Crippen molar-refractivity contribution >= 4 is 17.5 Å². The first-order chi connectivity index (χ1) is 12.6. The van der Waals surface area contributed by atoms with Crippen molar-refractivity contribution in [3.05, 3.63) is 66.1 Å². The molecule has 0 aliphatic rings. The predicted octanol–water partition coefficient (Wildman–Crippen LogP) is 2.12. The fourth-order valence-corrected chi connectivity index (χ4v) is 2.68. The molecular weight excluding hydrogens is 330 g/mol. The fraction of sp³-hybridized carbons (Fsp3) is 0.263. The molecule has 7 heteroatoms. The molecule has 1 aromatic carbocycles. The maximum atomic E-state index is 12.1. The van der Waals surface area contributed by atoms with Gasteiger partial charge in [-0.25, -0.2) is 0 Å². The number of pyridine rings is 1. The number of nitrogens with one attached hydrogen (secondary N) is 2. The van der Waals surface area contributed by atoms with Crippen LogP contribution in [0.25, 0.3) is 5.65 Å². The molecule has 134 valence electrons. The van der Waals surface area contributed by atoms with Crippen LogP contribution < -0.4 is 10.6 Å². The Morgan fingerprint density at radius 2 is 1.85 bits per heavy atom. The smallest absolute Gasteiger partial charge is 0.251 e. The lowest BCUT2D eigenvalue weighted by molar-refractivity contribution is -0.121. The fourth-order valence-electron chi connectivity index (χ4n) is 2.68. The second-order valence-electron chi connectivity index (χ2n) is 6.00. The quantitative estimate of drug-likeness (QED) is 0.638. The lowest BCUT2D eigenvalue weighted by Gasteiger charge is -2.12. The summed E-state index contributed by atoms with van der Waals surface area (Å²) in [5, 5.41) is 14.0. The lowest BCUT2D eigenvalue weighted by atomic mass is 10.2. The summed E-state index contributed by atoms with van der Waals surface area (Å²) >= 11 is 0. The van der Waals surface area contributed by atoms with Crippen molar-refractivity contribution in [2.24, 2.45) is 0 Å². The van der Waals surface area contributed by atoms with E-state index in [1.54, 1.807) is 12.1 Å². The van der Waals surface area contributed by atoms with Crippen molar-refractivity contribution in [2.45, 2.75) is 25.8 Å². The highest BCUT2D eigenvalue weighted by Gasteiger charge is 2.15. The Kier molecular flexibility index (Phi) is 5.58. The van der Waals surface area contributed by atoms with Crippen molar-refractivity contribution < 1.29 is 9.59 Å². The first kappa shape index (κ1) is 17.6. The van der Waals surface area contributed by atoms with Crippen molar-refractivity contribution in [3.63, 3.8) is 0 Å². The van der Waals surface area contributed by atoms with Gasteiger partial charge in [0.1, 0.15) is 0 Å². The minimum atomic E-state index is -0.251. The Morgan fingerprint density at radius 3 is 2.65 bits per heavy atom. The summed E-state index contributed by atoms with van der Waals surface area (Å²) in [5.41, 5.74) is 1.36. The van der Waals surface area contributed by atoms with Crippen molar-refractivity contribution in [1.82, 2.24) is 25.2 Å². The van der Waals surface area contributed by atoms with Crippen molar-refractivity contribution in [3.8, 4) is 0 Å². The number of nitrogens with zero attached hydrogens (tertiary/aromatic N) is 3. The third-order valence-electron chi connectivity index (χ3n) is 4.01. The predicted molar refractivity (Wildman–Crippen MR) is 97.6 cm³/mol. The summed E-state index contributed by atoms with van der Waals surface area (Å²) in [7, 11) is 0. The molecule has 2 N–H and O–H groups in total. The average molecular weight is 351 g/mol. The van der Waals surface area contributed by atoms with E-state index in [9.17, 15) is 9.59 Å². The Bertz CT molecular complexity index is 891. The molecular formula is C19H21N5O2. The Labute approximate surface area is 151 Å². The van der Waals surface area contributed by atoms with Gasteiger partial charge in [0.15, 0.2) is 11.5 Å². The van der Waals surface area contributed by atoms with Gasteiger partial charge in [-0.1, -0.05) is 24.3 Å². The number of hydrogen-bond acceptors (Lipinski definition) is 4. The molecule has 3 aromatic rings. The summed E-state index contributed by atoms with van der Waals surface area (Å²) in [4.78, 5) is 24.0. The number of carbonyl (C=O) groups is 2. The SMILES string of the molecule is CC(NC(=O)CCCNC(=O)c1ccccc1)c1nnc2ccccn12. The van der Waals surface area contributed by atoms with Gasteiger partial charge in [-0.15, -0.1) is 10.2 Å². The maximum absolute atomic E-state index is 12.1. The zero-order valence-corrected chi connectivity index (χ0v) is 14.6. The molecule has 1 unspecified atom stereocenters. The molecule has 0 bridgehead atoms. The molecule has 0 aliphatic heterocycles. The summed E-state index contributed by atoms with van der Waals surface area (Å²) in [6.45, 7) is 2.32. The minimum Gasteiger partial charge on any atom is -0.352 e. The maximum Gasteiger partial charge on any atom is 0.251 e. The molecule has 0 spiro atoms. The first-order valence-electron chi connectivity index (χ1n) is 8.57. The highest BCUT2D eigenvalue weighted by atomic mass is 16.2. The minimum absolute atomic E-state index is 0.0841. The molecule has 0 radical (unpaired) electrons. The molecule has 0 saturated carbocycles. The number of fused-ring (bicyclic) bond motifs is 1. The molecule has 0 fully saturated rings. The first-order valence-corrected chi connectivity index (χ1v) is 8.57. The Morgan fingerprint density at radius 1 is 1.08 bits per heavy atom. The van der Waals surface area contributed by atoms with E-state index in [1.165, 1.54) is 0 Å². The van der Waals surface area contributed by atoms with E-state index in [4.69, 9.17) is 0 Å². The standard InChI is InChI=1S/C19H21N5O2/c1-14(18-23-22-16-10-5-6-13-24(16)18)21-17(25)11-7-12-20-19(26)15-8-3-2-4-9-15/h2-6,8-10,13-14H,7,11-12H2,1H3,(H,20,26)(H,21,25). The van der Waals surface area contributed by atoms with Gasteiger partial charge in [0.05, 0.1) is 6.04 Å². The number of aromatic nitrogens is 3. The van der Waals surface area contributed by atoms with Crippen LogP contribution >= 0.6 is 0 Å². The van der Waals surface area contributed by atoms with Gasteiger partial charge in [0.2, 0.25) is 5.91 Å². The van der Waals surface area contributed by atoms with Crippen LogP contribution in [0.15, 0.2) is 54.7 Å². The van der Waals surface area contributed by atoms with E-state index >= 15 is 0 Å². The van der Waals surface area contributed by atoms with Crippen LogP contribution in [-0.2, 0) is 4.79 Å². The van der Waals surface area contributed by atoms with Gasteiger partial charge >= 0.3 is 0 Å². The van der Waals surface area contributed by atoms with Crippen LogP contribution in [0.2, 0.25) is 0 Å². The van der Waals surface area contributed by atoms with E-state index in [1.807, 2.05) is 53.9 Å². The third-order valence-corrected chi connectivity index (χ3v) is 4.01. The van der Waals surface area contributed by atoms with Gasteiger partial charge in [0, 0.05) is 24.7 Å². The summed E-state index contributed by atoms with van der Waals surface area (Å²) in [5.74, 6) is 0.472. The molecule has 2 aromatic heterocycles. The Balaban J connectivity index is 1.43. The summed E-state index contributed by atoms with van der Waals surface area (Å²) < 4.78 is 1.85. The molecule has 0 aliphatic carbocycles. The van der Waals surface area contributed by atoms with Crippen LogP contribution in [0, 0.1) is 0 Å². The van der Waals surface area contributed by atoms with Gasteiger partial charge in [-0.2, -0.15) is 0 Å². The number of rotatable bonds is 7. The second kappa shape index (κ2) is 8.24. The van der Waals surface area contributed by atoms with E-state index in [0.717, 1.165) is 5.65 Å². The molecule has 7 nitrogen and oxygen atoms in total. The average Bonchev–Trinajstić information content (AvgIpc) is 3.10. The number of benzene rings is 1. The largest absolute Gasteiger partial charge is 0.352 e. The van der Waals surface area contributed by atoms with Gasteiger partial charge in [-0.05, 0) is 37.6 Å². The number of amides is 2. The van der Waals surface area contributed by atoms with Crippen LogP contribution in [0.1, 0.15) is 42.0 Å². The van der Waals surface area contributed by atoms with Crippen molar-refractivity contribution in [1.29, 1.82) is 0 Å². The molecule has 1 atom stereocenters. The molecule has 2 amide bonds. The summed E-state index contributed by atoms with van der Waals surface area (Å²) in [6, 6.07) is 14.4. The van der Waals surface area contributed by atoms with Gasteiger partial charge in [0.25, 0.3) is 5.91 Å². The Hall–Kier alpha value is -3.22. The normalized spacial score (nSPS) is 11.9. The molecule has 0 saturated heterocycles. The monoisotopic (exact) mass is 351 g/mol. The lowest BCUT2D eigenvalue weighted by Crippen LogP contribution is -2.29. The zero-order chi connectivity index (χ0) is 18.4. The van der Waals surface area contributed by atoms with E-state index in [2.05, 4.69) is 20.8 Å². The molecule has 2 heterocycles. The van der Waals surface area contributed by atoms with Gasteiger partial charge in [-0.3, -0.25) is 14.0 Å². The van der Waals surface area contributed by atoms with Crippen LogP contribution in [0.4, 0.5) is 0 Å². The highest BCUT2D eigenvalue weighted by molar-refractivity contribution is 5.94. The van der Waals surface area contributed by atoms with Gasteiger partial charge < -0.3 is 10.6 Å². The van der Waals surface area contributed by atoms with E-state index in [0.29, 0.717) is 30.8 Å².